The maximum atomic E-state index is 11.6. The first kappa shape index (κ1) is 15.6. The van der Waals surface area contributed by atoms with Gasteiger partial charge in [0.25, 0.3) is 5.91 Å². The van der Waals surface area contributed by atoms with Gasteiger partial charge >= 0.3 is 0 Å². The summed E-state index contributed by atoms with van der Waals surface area (Å²) >= 11 is 0. The lowest BCUT2D eigenvalue weighted by Gasteiger charge is -2.08. The van der Waals surface area contributed by atoms with Crippen LogP contribution in [0.2, 0.25) is 0 Å². The van der Waals surface area contributed by atoms with E-state index in [1.807, 2.05) is 31.2 Å². The Hall–Kier alpha value is -3.26. The van der Waals surface area contributed by atoms with Gasteiger partial charge in [0.05, 0.1) is 17.6 Å². The third kappa shape index (κ3) is 3.39. The van der Waals surface area contributed by atoms with Crippen LogP contribution in [-0.2, 0) is 0 Å². The number of amides is 1. The van der Waals surface area contributed by atoms with Crippen molar-refractivity contribution in [2.45, 2.75) is 6.92 Å². The summed E-state index contributed by atoms with van der Waals surface area (Å²) in [4.78, 5) is 19.8. The van der Waals surface area contributed by atoms with E-state index in [1.54, 1.807) is 17.1 Å². The zero-order chi connectivity index (χ0) is 17.1. The number of aromatic nitrogens is 4. The number of anilines is 2. The summed E-state index contributed by atoms with van der Waals surface area (Å²) < 4.78 is 1.66. The summed E-state index contributed by atoms with van der Waals surface area (Å²) in [6.07, 6.45) is 3.09. The number of nitrogens with zero attached hydrogens (tertiary/aromatic N) is 5. The van der Waals surface area contributed by atoms with E-state index in [1.165, 1.54) is 24.9 Å². The lowest BCUT2D eigenvalue weighted by atomic mass is 10.2. The molecule has 0 aliphatic carbocycles. The molecule has 0 radical (unpaired) electrons. The Kier molecular flexibility index (Phi) is 4.21. The predicted octanol–water partition coefficient (Wildman–Crippen LogP) is 2.18. The van der Waals surface area contributed by atoms with Crippen molar-refractivity contribution in [3.63, 3.8) is 0 Å². The normalized spacial score (nSPS) is 10.5. The number of pyridine rings is 1. The smallest absolute Gasteiger partial charge is 0.295 e. The first-order valence-electron chi connectivity index (χ1n) is 7.21. The van der Waals surface area contributed by atoms with E-state index in [2.05, 4.69) is 20.4 Å². The SMILES string of the molecule is Cc1ccc(-n2cnc(Nc3ccc(C(=O)N(C)O)nc3)n2)cc1. The molecule has 2 aromatic heterocycles. The first-order chi connectivity index (χ1) is 11.5. The molecule has 1 amide bonds. The summed E-state index contributed by atoms with van der Waals surface area (Å²) in [7, 11) is 1.25. The molecule has 0 atom stereocenters. The van der Waals surface area contributed by atoms with Crippen molar-refractivity contribution < 1.29 is 10.0 Å². The zero-order valence-corrected chi connectivity index (χ0v) is 13.2. The molecule has 2 N–H and O–H groups in total. The highest BCUT2D eigenvalue weighted by molar-refractivity contribution is 5.91. The molecule has 1 aromatic carbocycles. The Balaban J connectivity index is 1.73. The van der Waals surface area contributed by atoms with Crippen LogP contribution < -0.4 is 5.32 Å². The minimum Gasteiger partial charge on any atom is -0.321 e. The Morgan fingerprint density at radius 1 is 1.17 bits per heavy atom. The van der Waals surface area contributed by atoms with E-state index >= 15 is 0 Å². The highest BCUT2D eigenvalue weighted by Gasteiger charge is 2.11. The van der Waals surface area contributed by atoms with E-state index in [-0.39, 0.29) is 5.69 Å². The fraction of sp³-hybridized carbons (Fsp3) is 0.125. The van der Waals surface area contributed by atoms with Gasteiger partial charge in [-0.25, -0.2) is 14.7 Å². The molecule has 8 nitrogen and oxygen atoms in total. The number of hydrogen-bond acceptors (Lipinski definition) is 6. The van der Waals surface area contributed by atoms with Gasteiger partial charge in [0, 0.05) is 7.05 Å². The van der Waals surface area contributed by atoms with Gasteiger partial charge in [-0.05, 0) is 31.2 Å². The average molecular weight is 324 g/mol. The average Bonchev–Trinajstić information content (AvgIpc) is 3.04. The second kappa shape index (κ2) is 6.47. The van der Waals surface area contributed by atoms with Crippen LogP contribution >= 0.6 is 0 Å². The molecule has 24 heavy (non-hydrogen) atoms. The van der Waals surface area contributed by atoms with Crippen LogP contribution in [0.15, 0.2) is 48.9 Å². The lowest BCUT2D eigenvalue weighted by Crippen LogP contribution is -2.23. The second-order valence-electron chi connectivity index (χ2n) is 5.23. The molecule has 0 saturated heterocycles. The molecule has 122 valence electrons. The van der Waals surface area contributed by atoms with E-state index in [0.29, 0.717) is 16.7 Å². The number of rotatable bonds is 4. The lowest BCUT2D eigenvalue weighted by molar-refractivity contribution is -0.0379. The molecule has 8 heteroatoms. The number of carbonyl (C=O) groups excluding carboxylic acids is 1. The molecule has 0 unspecified atom stereocenters. The summed E-state index contributed by atoms with van der Waals surface area (Å²) in [5.41, 5.74) is 2.86. The van der Waals surface area contributed by atoms with Crippen molar-refractivity contribution in [1.29, 1.82) is 0 Å². The van der Waals surface area contributed by atoms with E-state index < -0.39 is 5.91 Å². The van der Waals surface area contributed by atoms with Crippen LogP contribution in [0.25, 0.3) is 5.69 Å². The van der Waals surface area contributed by atoms with Crippen LogP contribution in [0.1, 0.15) is 16.1 Å². The molecule has 0 fully saturated rings. The maximum Gasteiger partial charge on any atom is 0.295 e. The Labute approximate surface area is 138 Å². The quantitative estimate of drug-likeness (QED) is 0.564. The topological polar surface area (TPSA) is 96.2 Å². The predicted molar refractivity (Wildman–Crippen MR) is 87.5 cm³/mol. The monoisotopic (exact) mass is 324 g/mol. The number of nitrogens with one attached hydrogen (secondary N) is 1. The summed E-state index contributed by atoms with van der Waals surface area (Å²) in [6.45, 7) is 2.02. The third-order valence-corrected chi connectivity index (χ3v) is 3.32. The number of hydrogen-bond donors (Lipinski definition) is 2. The Morgan fingerprint density at radius 2 is 1.92 bits per heavy atom. The molecular weight excluding hydrogens is 308 g/mol. The number of carbonyl (C=O) groups is 1. The standard InChI is InChI=1S/C16H16N6O2/c1-11-3-6-13(7-4-11)22-10-18-16(20-22)19-12-5-8-14(17-9-12)15(23)21(2)24/h3-10,24H,1-2H3,(H,19,20). The number of benzene rings is 1. The highest BCUT2D eigenvalue weighted by atomic mass is 16.5. The fourth-order valence-corrected chi connectivity index (χ4v) is 2.03. The van der Waals surface area contributed by atoms with Gasteiger partial charge in [-0.2, -0.15) is 4.98 Å². The molecular formula is C16H16N6O2. The highest BCUT2D eigenvalue weighted by Crippen LogP contribution is 2.14. The molecule has 0 spiro atoms. The van der Waals surface area contributed by atoms with E-state index in [0.717, 1.165) is 5.69 Å². The summed E-state index contributed by atoms with van der Waals surface area (Å²) in [5, 5.41) is 16.9. The summed E-state index contributed by atoms with van der Waals surface area (Å²) in [6, 6.07) is 11.1. The fourth-order valence-electron chi connectivity index (χ4n) is 2.03. The number of hydroxylamine groups is 2. The first-order valence-corrected chi connectivity index (χ1v) is 7.21. The molecule has 0 aliphatic rings. The van der Waals surface area contributed by atoms with Crippen LogP contribution in [-0.4, -0.2) is 43.0 Å². The van der Waals surface area contributed by atoms with Gasteiger partial charge in [0.1, 0.15) is 12.0 Å². The molecule has 3 rings (SSSR count). The van der Waals surface area contributed by atoms with Gasteiger partial charge in [-0.1, -0.05) is 17.7 Å². The third-order valence-electron chi connectivity index (χ3n) is 3.32. The minimum absolute atomic E-state index is 0.142. The maximum absolute atomic E-state index is 11.6. The zero-order valence-electron chi connectivity index (χ0n) is 13.2. The molecule has 0 saturated carbocycles. The summed E-state index contributed by atoms with van der Waals surface area (Å²) in [5.74, 6) is -0.168. The van der Waals surface area contributed by atoms with Crippen molar-refractivity contribution in [3.05, 3.63) is 60.2 Å². The molecule has 0 aliphatic heterocycles. The van der Waals surface area contributed by atoms with Crippen molar-refractivity contribution in [3.8, 4) is 5.69 Å². The van der Waals surface area contributed by atoms with Gasteiger partial charge in [0.2, 0.25) is 5.95 Å². The molecule has 3 aromatic rings. The van der Waals surface area contributed by atoms with Crippen molar-refractivity contribution in [2.24, 2.45) is 0 Å². The van der Waals surface area contributed by atoms with Crippen LogP contribution in [0.3, 0.4) is 0 Å². The van der Waals surface area contributed by atoms with Crippen molar-refractivity contribution in [2.75, 3.05) is 12.4 Å². The van der Waals surface area contributed by atoms with Gasteiger partial charge in [-0.3, -0.25) is 10.0 Å². The van der Waals surface area contributed by atoms with Crippen molar-refractivity contribution >= 4 is 17.5 Å². The molecule has 0 bridgehead atoms. The Bertz CT molecular complexity index is 840. The molecule has 2 heterocycles. The minimum atomic E-state index is -0.580. The second-order valence-corrected chi connectivity index (χ2v) is 5.23. The Morgan fingerprint density at radius 3 is 2.54 bits per heavy atom. The largest absolute Gasteiger partial charge is 0.321 e. The van der Waals surface area contributed by atoms with Gasteiger partial charge < -0.3 is 5.32 Å². The van der Waals surface area contributed by atoms with Crippen LogP contribution in [0, 0.1) is 6.92 Å². The van der Waals surface area contributed by atoms with Gasteiger partial charge in [-0.15, -0.1) is 5.10 Å². The van der Waals surface area contributed by atoms with Crippen LogP contribution in [0.5, 0.6) is 0 Å². The van der Waals surface area contributed by atoms with E-state index in [4.69, 9.17) is 5.21 Å². The van der Waals surface area contributed by atoms with E-state index in [9.17, 15) is 4.79 Å². The number of aryl methyl sites for hydroxylation is 1. The van der Waals surface area contributed by atoms with Crippen LogP contribution in [0.4, 0.5) is 11.6 Å². The van der Waals surface area contributed by atoms with Gasteiger partial charge in [0.15, 0.2) is 0 Å². The van der Waals surface area contributed by atoms with Crippen molar-refractivity contribution in [1.82, 2.24) is 24.8 Å².